The first-order chi connectivity index (χ1) is 3.77. The summed E-state index contributed by atoms with van der Waals surface area (Å²) in [4.78, 5) is 0. The van der Waals surface area contributed by atoms with Gasteiger partial charge in [0.2, 0.25) is 6.10 Å². The van der Waals surface area contributed by atoms with Crippen LogP contribution in [-0.4, -0.2) is 12.7 Å². The highest BCUT2D eigenvalue weighted by Gasteiger charge is 2.58. The van der Waals surface area contributed by atoms with E-state index in [0.29, 0.717) is 6.10 Å². The molecule has 1 nitrogen and oxygen atoms in total. The van der Waals surface area contributed by atoms with Crippen molar-refractivity contribution in [2.24, 2.45) is 5.92 Å². The number of rotatable bonds is 2. The maximum atomic E-state index is 5.34. The minimum Gasteiger partial charge on any atom is -0.334 e. The first-order valence-electron chi connectivity index (χ1n) is 3.22. The Morgan fingerprint density at radius 3 is 2.25 bits per heavy atom. The monoisotopic (exact) mass is 113 g/mol. The summed E-state index contributed by atoms with van der Waals surface area (Å²) in [5, 5.41) is 0. The number of hydrogen-bond acceptors (Lipinski definition) is 1. The van der Waals surface area contributed by atoms with Crippen LogP contribution in [0.15, 0.2) is 0 Å². The Morgan fingerprint density at radius 2 is 2.12 bits per heavy atom. The first-order valence-corrected chi connectivity index (χ1v) is 3.22. The van der Waals surface area contributed by atoms with Gasteiger partial charge in [-0.3, -0.25) is 0 Å². The van der Waals surface area contributed by atoms with Crippen molar-refractivity contribution in [2.45, 2.75) is 26.9 Å². The summed E-state index contributed by atoms with van der Waals surface area (Å²) in [6.45, 7) is 7.26. The van der Waals surface area contributed by atoms with Gasteiger partial charge in [-0.25, -0.2) is 0 Å². The molecule has 1 rings (SSSR count). The van der Waals surface area contributed by atoms with E-state index in [1.54, 1.807) is 0 Å². The highest BCUT2D eigenvalue weighted by Crippen LogP contribution is 2.42. The van der Waals surface area contributed by atoms with E-state index in [1.807, 2.05) is 6.92 Å². The maximum Gasteiger partial charge on any atom is 0.243 e. The summed E-state index contributed by atoms with van der Waals surface area (Å²) in [5.74, 6) is 2.24. The number of ether oxygens (including phenoxy) is 1. The van der Waals surface area contributed by atoms with Crippen molar-refractivity contribution in [3.8, 4) is 0 Å². The molecule has 0 aromatic heterocycles. The Balaban J connectivity index is 2.13. The van der Waals surface area contributed by atoms with E-state index in [9.17, 15) is 0 Å². The Hall–Kier alpha value is -0.170. The van der Waals surface area contributed by atoms with E-state index in [-0.39, 0.29) is 0 Å². The lowest BCUT2D eigenvalue weighted by atomic mass is 10.4. The van der Waals surface area contributed by atoms with Gasteiger partial charge in [0.15, 0.2) is 5.92 Å². The molecule has 0 heterocycles. The third-order valence-corrected chi connectivity index (χ3v) is 1.86. The van der Waals surface area contributed by atoms with Crippen LogP contribution < -0.4 is 0 Å². The lowest BCUT2D eigenvalue weighted by molar-refractivity contribution is 0.126. The molecule has 1 aliphatic carbocycles. The molecule has 0 aromatic carbocycles. The third kappa shape index (κ3) is 0.826. The Morgan fingerprint density at radius 1 is 1.62 bits per heavy atom. The molecule has 2 unspecified atom stereocenters. The second-order valence-corrected chi connectivity index (χ2v) is 2.41. The van der Waals surface area contributed by atoms with Crippen LogP contribution in [0.25, 0.3) is 0 Å². The normalized spacial score (nSPS) is 35.6. The van der Waals surface area contributed by atoms with E-state index in [4.69, 9.17) is 4.74 Å². The van der Waals surface area contributed by atoms with Gasteiger partial charge in [0.05, 0.1) is 6.92 Å². The van der Waals surface area contributed by atoms with Crippen LogP contribution in [0.2, 0.25) is 0 Å². The van der Waals surface area contributed by atoms with Gasteiger partial charge in [-0.2, -0.15) is 0 Å². The molecule has 1 fully saturated rings. The summed E-state index contributed by atoms with van der Waals surface area (Å²) in [6.07, 6.45) is 0.500. The largest absolute Gasteiger partial charge is 0.334 e. The molecule has 0 radical (unpaired) electrons. The minimum atomic E-state index is 0.500. The lowest BCUT2D eigenvalue weighted by Gasteiger charge is -1.85. The van der Waals surface area contributed by atoms with Gasteiger partial charge in [-0.1, -0.05) is 0 Å². The van der Waals surface area contributed by atoms with Crippen LogP contribution in [0.1, 0.15) is 20.8 Å². The van der Waals surface area contributed by atoms with Gasteiger partial charge in [-0.15, -0.1) is 0 Å². The highest BCUT2D eigenvalue weighted by atomic mass is 16.5. The molecule has 0 amide bonds. The molecule has 0 N–H and O–H groups in total. The van der Waals surface area contributed by atoms with E-state index < -0.39 is 0 Å². The van der Waals surface area contributed by atoms with E-state index >= 15 is 0 Å². The van der Waals surface area contributed by atoms with Crippen LogP contribution in [0, 0.1) is 11.8 Å². The Kier molecular flexibility index (Phi) is 1.47. The Bertz CT molecular complexity index is 72.5. The van der Waals surface area contributed by atoms with Crippen LogP contribution >= 0.6 is 0 Å². The molecule has 8 heavy (non-hydrogen) atoms. The van der Waals surface area contributed by atoms with Crippen molar-refractivity contribution >= 4 is 0 Å². The average Bonchev–Trinajstić information content (AvgIpc) is 2.25. The van der Waals surface area contributed by atoms with Crippen LogP contribution in [0.3, 0.4) is 0 Å². The molecule has 2 atom stereocenters. The summed E-state index contributed by atoms with van der Waals surface area (Å²) in [7, 11) is 0. The SMILES string of the molecule is CCOC1[C+](C)C1C. The second kappa shape index (κ2) is 1.98. The highest BCUT2D eigenvalue weighted by molar-refractivity contribution is 5.19. The molecule has 1 heteroatoms. The fraction of sp³-hybridized carbons (Fsp3) is 0.857. The minimum absolute atomic E-state index is 0.500. The molecule has 0 saturated heterocycles. The summed E-state index contributed by atoms with van der Waals surface area (Å²) >= 11 is 0. The second-order valence-electron chi connectivity index (χ2n) is 2.41. The maximum absolute atomic E-state index is 5.34. The lowest BCUT2D eigenvalue weighted by Crippen LogP contribution is -1.94. The Labute approximate surface area is 51.0 Å². The molecule has 46 valence electrons. The zero-order valence-electron chi connectivity index (χ0n) is 5.77. The summed E-state index contributed by atoms with van der Waals surface area (Å²) in [6, 6.07) is 0. The van der Waals surface area contributed by atoms with Crippen molar-refractivity contribution in [3.05, 3.63) is 5.92 Å². The fourth-order valence-corrected chi connectivity index (χ4v) is 0.977. The predicted octanol–water partition coefficient (Wildman–Crippen LogP) is 1.64. The number of hydrogen-bond donors (Lipinski definition) is 0. The fourth-order valence-electron chi connectivity index (χ4n) is 0.977. The van der Waals surface area contributed by atoms with Crippen molar-refractivity contribution in [3.63, 3.8) is 0 Å². The average molecular weight is 113 g/mol. The summed E-state index contributed by atoms with van der Waals surface area (Å²) in [5.41, 5.74) is 0. The molecule has 0 spiro atoms. The van der Waals surface area contributed by atoms with Gasteiger partial charge < -0.3 is 4.74 Å². The standard InChI is InChI=1S/C7H13O/c1-4-8-7-5(2)6(7)3/h5,7H,4H2,1-3H3/q+1. The smallest absolute Gasteiger partial charge is 0.243 e. The molecule has 1 aliphatic rings. The van der Waals surface area contributed by atoms with E-state index in [2.05, 4.69) is 13.8 Å². The van der Waals surface area contributed by atoms with Crippen molar-refractivity contribution < 1.29 is 4.74 Å². The topological polar surface area (TPSA) is 9.23 Å². The first kappa shape index (κ1) is 5.96. The van der Waals surface area contributed by atoms with E-state index in [0.717, 1.165) is 12.5 Å². The van der Waals surface area contributed by atoms with Gasteiger partial charge in [0.1, 0.15) is 5.92 Å². The van der Waals surface area contributed by atoms with Crippen LogP contribution in [0.4, 0.5) is 0 Å². The third-order valence-electron chi connectivity index (χ3n) is 1.86. The van der Waals surface area contributed by atoms with Crippen LogP contribution in [-0.2, 0) is 4.74 Å². The van der Waals surface area contributed by atoms with Crippen molar-refractivity contribution in [1.29, 1.82) is 0 Å². The van der Waals surface area contributed by atoms with E-state index in [1.165, 1.54) is 5.92 Å². The van der Waals surface area contributed by atoms with Gasteiger partial charge in [-0.05, 0) is 13.8 Å². The van der Waals surface area contributed by atoms with Crippen molar-refractivity contribution in [1.82, 2.24) is 0 Å². The molecule has 0 bridgehead atoms. The molecule has 1 saturated carbocycles. The zero-order chi connectivity index (χ0) is 6.15. The molecular weight excluding hydrogens is 100 g/mol. The molecule has 0 aliphatic heterocycles. The summed E-state index contributed by atoms with van der Waals surface area (Å²) < 4.78 is 5.34. The predicted molar refractivity (Wildman–Crippen MR) is 33.5 cm³/mol. The quantitative estimate of drug-likeness (QED) is 0.494. The molecular formula is C7H13O+. The van der Waals surface area contributed by atoms with Gasteiger partial charge >= 0.3 is 0 Å². The zero-order valence-corrected chi connectivity index (χ0v) is 5.77. The molecule has 0 aromatic rings. The van der Waals surface area contributed by atoms with Gasteiger partial charge in [0.25, 0.3) is 0 Å². The van der Waals surface area contributed by atoms with Gasteiger partial charge in [0, 0.05) is 6.61 Å². The van der Waals surface area contributed by atoms with Crippen LogP contribution in [0.5, 0.6) is 0 Å². The van der Waals surface area contributed by atoms with Crippen molar-refractivity contribution in [2.75, 3.05) is 6.61 Å².